The highest BCUT2D eigenvalue weighted by molar-refractivity contribution is 7.80. The van der Waals surface area contributed by atoms with E-state index in [0.717, 1.165) is 11.1 Å². The number of halogens is 1. The molecule has 148 valence electrons. The third kappa shape index (κ3) is 4.56. The number of carbonyl (C=O) groups excluding carboxylic acids is 1. The summed E-state index contributed by atoms with van der Waals surface area (Å²) in [6.45, 7) is 3.39. The summed E-state index contributed by atoms with van der Waals surface area (Å²) in [5, 5.41) is 15.8. The van der Waals surface area contributed by atoms with Gasteiger partial charge in [0.25, 0.3) is 5.91 Å². The Bertz CT molecular complexity index is 1030. The molecule has 2 N–H and O–H groups in total. The minimum absolute atomic E-state index is 0.170. The summed E-state index contributed by atoms with van der Waals surface area (Å²) in [5.74, 6) is -0.279. The lowest BCUT2D eigenvalue weighted by molar-refractivity contribution is -0.119. The Labute approximate surface area is 180 Å². The molecule has 1 aliphatic heterocycles. The molecule has 1 unspecified atom stereocenters. The van der Waals surface area contributed by atoms with Crippen LogP contribution in [0.15, 0.2) is 53.5 Å². The van der Waals surface area contributed by atoms with Crippen molar-refractivity contribution < 1.29 is 4.79 Å². The Kier molecular flexibility index (Phi) is 5.87. The van der Waals surface area contributed by atoms with E-state index in [1.807, 2.05) is 30.3 Å². The molecule has 0 saturated carbocycles. The molecular weight excluding hydrogens is 406 g/mol. The van der Waals surface area contributed by atoms with E-state index in [9.17, 15) is 10.1 Å². The molecule has 0 aliphatic carbocycles. The normalized spacial score (nSPS) is 16.2. The number of thiocarbonyl (C=S) groups is 1. The second-order valence-electron chi connectivity index (χ2n) is 7.14. The van der Waals surface area contributed by atoms with Gasteiger partial charge in [-0.1, -0.05) is 41.9 Å². The van der Waals surface area contributed by atoms with Gasteiger partial charge in [0, 0.05) is 23.2 Å². The van der Waals surface area contributed by atoms with Gasteiger partial charge >= 0.3 is 0 Å². The van der Waals surface area contributed by atoms with Gasteiger partial charge in [-0.15, -0.1) is 0 Å². The second-order valence-corrected chi connectivity index (χ2v) is 7.98. The minimum atomic E-state index is -0.962. The third-order valence-electron chi connectivity index (χ3n) is 4.42. The summed E-state index contributed by atoms with van der Waals surface area (Å²) in [4.78, 5) is 19.3. The SMILES string of the molecule is CN1C(=O)C(NC(=S)NC(C)(C)C#N)N=C(c2ccccc2)c2cc(Cl)ccc21. The van der Waals surface area contributed by atoms with E-state index in [1.54, 1.807) is 39.1 Å². The number of likely N-dealkylation sites (N-methyl/N-ethyl adjacent to an activating group) is 1. The molecule has 29 heavy (non-hydrogen) atoms. The first-order valence-corrected chi connectivity index (χ1v) is 9.71. The van der Waals surface area contributed by atoms with Crippen molar-refractivity contribution in [2.45, 2.75) is 25.6 Å². The van der Waals surface area contributed by atoms with Crippen LogP contribution in [0.1, 0.15) is 25.0 Å². The van der Waals surface area contributed by atoms with Crippen molar-refractivity contribution in [1.29, 1.82) is 5.26 Å². The summed E-state index contributed by atoms with van der Waals surface area (Å²) in [7, 11) is 1.68. The maximum atomic E-state index is 13.1. The molecule has 0 bridgehead atoms. The van der Waals surface area contributed by atoms with Crippen molar-refractivity contribution in [2.24, 2.45) is 4.99 Å². The molecule has 0 radical (unpaired) electrons. The number of aliphatic imine (C=N–C) groups is 1. The standard InChI is InChI=1S/C21H20ClN5OS/c1-21(2,12-23)26-20(29)25-18-19(28)27(3)16-10-9-14(22)11-15(16)17(24-18)13-7-5-4-6-8-13/h4-11,18H,1-3H3,(H2,25,26,29). The number of fused-ring (bicyclic) bond motifs is 1. The molecule has 2 aromatic rings. The monoisotopic (exact) mass is 425 g/mol. The van der Waals surface area contributed by atoms with E-state index in [4.69, 9.17) is 28.8 Å². The molecule has 8 heteroatoms. The first kappa shape index (κ1) is 20.8. The van der Waals surface area contributed by atoms with Crippen molar-refractivity contribution in [1.82, 2.24) is 10.6 Å². The van der Waals surface area contributed by atoms with Gasteiger partial charge in [0.1, 0.15) is 5.54 Å². The first-order valence-electron chi connectivity index (χ1n) is 8.92. The van der Waals surface area contributed by atoms with Crippen LogP contribution in [-0.4, -0.2) is 35.5 Å². The van der Waals surface area contributed by atoms with Crippen molar-refractivity contribution in [2.75, 3.05) is 11.9 Å². The van der Waals surface area contributed by atoms with E-state index in [2.05, 4.69) is 16.7 Å². The fourth-order valence-corrected chi connectivity index (χ4v) is 3.48. The Morgan fingerprint density at radius 2 is 1.97 bits per heavy atom. The predicted molar refractivity (Wildman–Crippen MR) is 119 cm³/mol. The Morgan fingerprint density at radius 3 is 2.62 bits per heavy atom. The molecule has 0 spiro atoms. The molecule has 1 amide bonds. The van der Waals surface area contributed by atoms with E-state index >= 15 is 0 Å². The van der Waals surface area contributed by atoms with Crippen LogP contribution >= 0.6 is 23.8 Å². The molecule has 0 saturated heterocycles. The van der Waals surface area contributed by atoms with Crippen molar-refractivity contribution in [3.63, 3.8) is 0 Å². The van der Waals surface area contributed by atoms with Crippen LogP contribution in [0.3, 0.4) is 0 Å². The van der Waals surface area contributed by atoms with Crippen molar-refractivity contribution in [3.05, 3.63) is 64.7 Å². The molecule has 3 rings (SSSR count). The van der Waals surface area contributed by atoms with Gasteiger partial charge in [-0.05, 0) is 44.3 Å². The van der Waals surface area contributed by atoms with Crippen LogP contribution < -0.4 is 15.5 Å². The van der Waals surface area contributed by atoms with Crippen LogP contribution in [0.5, 0.6) is 0 Å². The molecule has 1 atom stereocenters. The quantitative estimate of drug-likeness (QED) is 0.738. The Balaban J connectivity index is 2.07. The van der Waals surface area contributed by atoms with E-state index in [-0.39, 0.29) is 11.0 Å². The summed E-state index contributed by atoms with van der Waals surface area (Å²) < 4.78 is 0. The highest BCUT2D eigenvalue weighted by atomic mass is 35.5. The number of benzene rings is 2. The fourth-order valence-electron chi connectivity index (χ4n) is 2.94. The number of anilines is 1. The van der Waals surface area contributed by atoms with Crippen LogP contribution in [0.2, 0.25) is 5.02 Å². The smallest absolute Gasteiger partial charge is 0.272 e. The lowest BCUT2D eigenvalue weighted by Gasteiger charge is -2.24. The maximum Gasteiger partial charge on any atom is 0.272 e. The minimum Gasteiger partial charge on any atom is -0.345 e. The van der Waals surface area contributed by atoms with Crippen molar-refractivity contribution >= 4 is 46.2 Å². The molecular formula is C21H20ClN5OS. The van der Waals surface area contributed by atoms with Crippen molar-refractivity contribution in [3.8, 4) is 6.07 Å². The van der Waals surface area contributed by atoms with Gasteiger partial charge in [0.2, 0.25) is 6.17 Å². The van der Waals surface area contributed by atoms with Gasteiger partial charge in [0.15, 0.2) is 5.11 Å². The zero-order chi connectivity index (χ0) is 21.2. The first-order chi connectivity index (χ1) is 13.7. The number of hydrogen-bond donors (Lipinski definition) is 2. The number of nitrogens with one attached hydrogen (secondary N) is 2. The zero-order valence-corrected chi connectivity index (χ0v) is 17.8. The molecule has 1 aliphatic rings. The zero-order valence-electron chi connectivity index (χ0n) is 16.2. The molecule has 6 nitrogen and oxygen atoms in total. The third-order valence-corrected chi connectivity index (χ3v) is 4.87. The lowest BCUT2D eigenvalue weighted by Crippen LogP contribution is -2.53. The fraction of sp³-hybridized carbons (Fsp3) is 0.238. The largest absolute Gasteiger partial charge is 0.345 e. The Morgan fingerprint density at radius 1 is 1.28 bits per heavy atom. The number of rotatable bonds is 3. The number of carbonyl (C=O) groups is 1. The summed E-state index contributed by atoms with van der Waals surface area (Å²) >= 11 is 11.6. The molecule has 0 fully saturated rings. The Hall–Kier alpha value is -2.95. The lowest BCUT2D eigenvalue weighted by atomic mass is 10.0. The molecule has 2 aromatic carbocycles. The van der Waals surface area contributed by atoms with Crippen LogP contribution in [-0.2, 0) is 4.79 Å². The van der Waals surface area contributed by atoms with E-state index in [0.29, 0.717) is 16.4 Å². The number of amides is 1. The van der Waals surface area contributed by atoms with E-state index in [1.165, 1.54) is 4.90 Å². The highest BCUT2D eigenvalue weighted by Crippen LogP contribution is 2.29. The number of hydrogen-bond acceptors (Lipinski definition) is 4. The van der Waals surface area contributed by atoms with Gasteiger partial charge in [-0.2, -0.15) is 5.26 Å². The van der Waals surface area contributed by atoms with Crippen LogP contribution in [0.4, 0.5) is 5.69 Å². The second kappa shape index (κ2) is 8.19. The van der Waals surface area contributed by atoms with E-state index < -0.39 is 11.7 Å². The number of nitriles is 1. The van der Waals surface area contributed by atoms with Gasteiger partial charge in [-0.3, -0.25) is 4.79 Å². The summed E-state index contributed by atoms with van der Waals surface area (Å²) in [6.07, 6.45) is -0.962. The average molecular weight is 426 g/mol. The average Bonchev–Trinajstić information content (AvgIpc) is 2.78. The van der Waals surface area contributed by atoms with Gasteiger partial charge in [-0.25, -0.2) is 4.99 Å². The summed E-state index contributed by atoms with van der Waals surface area (Å²) in [6, 6.07) is 17.0. The molecule has 0 aromatic heterocycles. The van der Waals surface area contributed by atoms with Gasteiger partial charge in [0.05, 0.1) is 17.5 Å². The number of nitrogens with zero attached hydrogens (tertiary/aromatic N) is 3. The number of benzodiazepines with no additional fused rings is 1. The summed E-state index contributed by atoms with van der Waals surface area (Å²) in [5.41, 5.74) is 2.04. The maximum absolute atomic E-state index is 13.1. The molecule has 1 heterocycles. The van der Waals surface area contributed by atoms with Gasteiger partial charge < -0.3 is 15.5 Å². The topological polar surface area (TPSA) is 80.5 Å². The van der Waals surface area contributed by atoms with Crippen LogP contribution in [0.25, 0.3) is 0 Å². The predicted octanol–water partition coefficient (Wildman–Crippen LogP) is 3.25. The highest BCUT2D eigenvalue weighted by Gasteiger charge is 2.31. The van der Waals surface area contributed by atoms with Crippen LogP contribution in [0, 0.1) is 11.3 Å².